The molecule has 3 rings (SSSR count). The van der Waals surface area contributed by atoms with Crippen molar-refractivity contribution in [2.24, 2.45) is 7.05 Å². The fourth-order valence-electron chi connectivity index (χ4n) is 3.20. The van der Waals surface area contributed by atoms with E-state index >= 15 is 0 Å². The fraction of sp³-hybridized carbons (Fsp3) is 0.471. The summed E-state index contributed by atoms with van der Waals surface area (Å²) < 4.78 is 1.88. The van der Waals surface area contributed by atoms with Gasteiger partial charge in [-0.2, -0.15) is 5.10 Å². The van der Waals surface area contributed by atoms with Crippen molar-refractivity contribution < 1.29 is 4.79 Å². The molecule has 0 bridgehead atoms. The molecule has 1 aliphatic rings. The number of hydrogen-bond acceptors (Lipinski definition) is 3. The number of carbonyl (C=O) groups excluding carboxylic acids is 1. The molecule has 0 aliphatic heterocycles. The van der Waals surface area contributed by atoms with Gasteiger partial charge in [0.1, 0.15) is 0 Å². The highest BCUT2D eigenvalue weighted by Crippen LogP contribution is 2.27. The topological polar surface area (TPSA) is 51.0 Å². The molecule has 0 unspecified atom stereocenters. The molecular weight excluding hydrogens is 276 g/mol. The molecule has 1 aliphatic carbocycles. The van der Waals surface area contributed by atoms with Crippen molar-refractivity contribution in [2.45, 2.75) is 45.6 Å². The average molecular weight is 298 g/mol. The molecule has 0 radical (unpaired) electrons. The lowest BCUT2D eigenvalue weighted by Crippen LogP contribution is -2.38. The van der Waals surface area contributed by atoms with Crippen molar-refractivity contribution in [3.8, 4) is 0 Å². The molecule has 116 valence electrons. The highest BCUT2D eigenvalue weighted by molar-refractivity contribution is 6.06. The Balaban J connectivity index is 2.02. The van der Waals surface area contributed by atoms with Gasteiger partial charge in [-0.3, -0.25) is 14.5 Å². The van der Waals surface area contributed by atoms with Crippen LogP contribution in [0.1, 0.15) is 48.4 Å². The first kappa shape index (κ1) is 14.8. The summed E-state index contributed by atoms with van der Waals surface area (Å²) in [5, 5.41) is 4.53. The van der Waals surface area contributed by atoms with Gasteiger partial charge in [0.15, 0.2) is 5.69 Å². The van der Waals surface area contributed by atoms with Gasteiger partial charge in [0, 0.05) is 30.5 Å². The largest absolute Gasteiger partial charge is 0.303 e. The average Bonchev–Trinajstić information content (AvgIpc) is 2.86. The second-order valence-electron chi connectivity index (χ2n) is 6.08. The lowest BCUT2D eigenvalue weighted by Gasteiger charge is -2.26. The summed E-state index contributed by atoms with van der Waals surface area (Å²) in [6, 6.07) is 3.82. The zero-order valence-electron chi connectivity index (χ0n) is 13.4. The highest BCUT2D eigenvalue weighted by Gasteiger charge is 2.29. The van der Waals surface area contributed by atoms with Crippen LogP contribution in [0.2, 0.25) is 0 Å². The number of anilines is 1. The Morgan fingerprint density at radius 2 is 2.09 bits per heavy atom. The number of rotatable bonds is 3. The molecule has 0 fully saturated rings. The van der Waals surface area contributed by atoms with E-state index in [4.69, 9.17) is 0 Å². The van der Waals surface area contributed by atoms with Crippen LogP contribution in [0.15, 0.2) is 24.5 Å². The third kappa shape index (κ3) is 2.51. The van der Waals surface area contributed by atoms with Gasteiger partial charge in [-0.15, -0.1) is 0 Å². The van der Waals surface area contributed by atoms with Crippen molar-refractivity contribution in [3.63, 3.8) is 0 Å². The van der Waals surface area contributed by atoms with Crippen LogP contribution in [0.3, 0.4) is 0 Å². The smallest absolute Gasteiger partial charge is 0.279 e. The summed E-state index contributed by atoms with van der Waals surface area (Å²) >= 11 is 0. The number of hydrogen-bond donors (Lipinski definition) is 0. The molecule has 0 aromatic carbocycles. The first-order chi connectivity index (χ1) is 10.6. The zero-order chi connectivity index (χ0) is 15.7. The van der Waals surface area contributed by atoms with Crippen molar-refractivity contribution in [1.29, 1.82) is 0 Å². The quantitative estimate of drug-likeness (QED) is 0.875. The van der Waals surface area contributed by atoms with Crippen LogP contribution in [-0.2, 0) is 19.9 Å². The molecule has 5 heteroatoms. The van der Waals surface area contributed by atoms with Crippen LogP contribution in [0.25, 0.3) is 0 Å². The second kappa shape index (κ2) is 5.91. The van der Waals surface area contributed by atoms with Gasteiger partial charge in [0.05, 0.1) is 11.9 Å². The minimum Gasteiger partial charge on any atom is -0.303 e. The van der Waals surface area contributed by atoms with Crippen LogP contribution in [0.4, 0.5) is 5.69 Å². The lowest BCUT2D eigenvalue weighted by atomic mass is 9.95. The second-order valence-corrected chi connectivity index (χ2v) is 6.08. The van der Waals surface area contributed by atoms with Gasteiger partial charge >= 0.3 is 0 Å². The molecule has 2 aromatic heterocycles. The standard InChI is InChI=1S/C17H22N4O/c1-12(2)21(13-7-6-10-18-11-13)17(22)16-14-8-4-5-9-15(14)20(3)19-16/h6-7,10-12H,4-5,8-9H2,1-3H3. The predicted octanol–water partition coefficient (Wildman–Crippen LogP) is 2.75. The minimum atomic E-state index is -0.0262. The van der Waals surface area contributed by atoms with Crippen LogP contribution in [0, 0.1) is 0 Å². The highest BCUT2D eigenvalue weighted by atomic mass is 16.2. The van der Waals surface area contributed by atoms with Gasteiger partial charge in [-0.1, -0.05) is 0 Å². The fourth-order valence-corrected chi connectivity index (χ4v) is 3.20. The van der Waals surface area contributed by atoms with E-state index in [1.807, 2.05) is 37.7 Å². The number of pyridine rings is 1. The summed E-state index contributed by atoms with van der Waals surface area (Å²) in [4.78, 5) is 19.0. The molecule has 2 aromatic rings. The van der Waals surface area contributed by atoms with E-state index in [1.54, 1.807) is 17.3 Å². The number of aromatic nitrogens is 3. The molecule has 22 heavy (non-hydrogen) atoms. The van der Waals surface area contributed by atoms with Gasteiger partial charge in [0.2, 0.25) is 0 Å². The minimum absolute atomic E-state index is 0.0262. The maximum Gasteiger partial charge on any atom is 0.279 e. The Morgan fingerprint density at radius 1 is 1.32 bits per heavy atom. The molecule has 1 amide bonds. The summed E-state index contributed by atoms with van der Waals surface area (Å²) in [6.07, 6.45) is 7.72. The van der Waals surface area contributed by atoms with E-state index in [1.165, 1.54) is 12.1 Å². The first-order valence-electron chi connectivity index (χ1n) is 7.88. The van der Waals surface area contributed by atoms with Gasteiger partial charge < -0.3 is 4.90 Å². The van der Waals surface area contributed by atoms with E-state index in [0.717, 1.165) is 30.5 Å². The monoisotopic (exact) mass is 298 g/mol. The molecule has 0 spiro atoms. The maximum atomic E-state index is 13.1. The van der Waals surface area contributed by atoms with Crippen LogP contribution in [0.5, 0.6) is 0 Å². The third-order valence-corrected chi connectivity index (χ3v) is 4.23. The Bertz CT molecular complexity index is 675. The SMILES string of the molecule is CC(C)N(C(=O)c1nn(C)c2c1CCCC2)c1cccnc1. The van der Waals surface area contributed by atoms with Crippen molar-refractivity contribution in [3.05, 3.63) is 41.5 Å². The number of amides is 1. The molecular formula is C17H22N4O. The first-order valence-corrected chi connectivity index (χ1v) is 7.88. The molecule has 0 saturated carbocycles. The number of nitrogens with zero attached hydrogens (tertiary/aromatic N) is 4. The number of fused-ring (bicyclic) bond motifs is 1. The van der Waals surface area contributed by atoms with E-state index in [2.05, 4.69) is 10.1 Å². The maximum absolute atomic E-state index is 13.1. The lowest BCUT2D eigenvalue weighted by molar-refractivity contribution is 0.0973. The molecule has 0 N–H and O–H groups in total. The van der Waals surface area contributed by atoms with E-state index < -0.39 is 0 Å². The molecule has 0 saturated heterocycles. The zero-order valence-corrected chi connectivity index (χ0v) is 13.4. The molecule has 2 heterocycles. The van der Waals surface area contributed by atoms with Crippen LogP contribution < -0.4 is 4.90 Å². The van der Waals surface area contributed by atoms with Gasteiger partial charge in [0.25, 0.3) is 5.91 Å². The summed E-state index contributed by atoms with van der Waals surface area (Å²) in [6.45, 7) is 4.03. The number of aryl methyl sites for hydroxylation is 1. The molecule has 5 nitrogen and oxygen atoms in total. The van der Waals surface area contributed by atoms with Crippen molar-refractivity contribution in [1.82, 2.24) is 14.8 Å². The predicted molar refractivity (Wildman–Crippen MR) is 86.0 cm³/mol. The summed E-state index contributed by atoms with van der Waals surface area (Å²) in [5.41, 5.74) is 3.77. The normalized spacial score (nSPS) is 14.0. The van der Waals surface area contributed by atoms with Crippen LogP contribution in [-0.4, -0.2) is 26.7 Å². The number of carbonyl (C=O) groups is 1. The van der Waals surface area contributed by atoms with E-state index in [0.29, 0.717) is 5.69 Å². The Morgan fingerprint density at radius 3 is 2.77 bits per heavy atom. The summed E-state index contributed by atoms with van der Waals surface area (Å²) in [7, 11) is 1.94. The Labute approximate surface area is 131 Å². The van der Waals surface area contributed by atoms with Crippen LogP contribution >= 0.6 is 0 Å². The van der Waals surface area contributed by atoms with E-state index in [9.17, 15) is 4.79 Å². The Hall–Kier alpha value is -2.17. The van der Waals surface area contributed by atoms with Crippen molar-refractivity contribution >= 4 is 11.6 Å². The molecule has 0 atom stereocenters. The third-order valence-electron chi connectivity index (χ3n) is 4.23. The summed E-state index contributed by atoms with van der Waals surface area (Å²) in [5.74, 6) is -0.0262. The van der Waals surface area contributed by atoms with Crippen molar-refractivity contribution in [2.75, 3.05) is 4.90 Å². The van der Waals surface area contributed by atoms with Gasteiger partial charge in [-0.05, 0) is 51.7 Å². The van der Waals surface area contributed by atoms with E-state index in [-0.39, 0.29) is 11.9 Å². The van der Waals surface area contributed by atoms with Gasteiger partial charge in [-0.25, -0.2) is 0 Å². The Kier molecular flexibility index (Phi) is 3.96.